The van der Waals surface area contributed by atoms with Crippen molar-refractivity contribution in [2.45, 2.75) is 32.7 Å². The summed E-state index contributed by atoms with van der Waals surface area (Å²) in [6.07, 6.45) is 1.37. The lowest BCUT2D eigenvalue weighted by molar-refractivity contribution is -0.121. The van der Waals surface area contributed by atoms with Gasteiger partial charge in [0.05, 0.1) is 14.2 Å². The van der Waals surface area contributed by atoms with Crippen molar-refractivity contribution < 1.29 is 14.3 Å². The lowest BCUT2D eigenvalue weighted by Crippen LogP contribution is -2.35. The quantitative estimate of drug-likeness (QED) is 0.844. The predicted octanol–water partition coefficient (Wildman–Crippen LogP) is 2.05. The summed E-state index contributed by atoms with van der Waals surface area (Å²) in [4.78, 5) is 12.1. The van der Waals surface area contributed by atoms with E-state index in [0.717, 1.165) is 24.3 Å². The molecule has 0 radical (unpaired) electrons. The average molecular weight is 306 g/mol. The number of ether oxygens (including phenoxy) is 2. The Balaban J connectivity index is 2.15. The van der Waals surface area contributed by atoms with E-state index >= 15 is 0 Å². The highest BCUT2D eigenvalue weighted by Crippen LogP contribution is 2.36. The van der Waals surface area contributed by atoms with Crippen LogP contribution in [0.4, 0.5) is 0 Å². The zero-order valence-corrected chi connectivity index (χ0v) is 13.9. The zero-order chi connectivity index (χ0) is 16.1. The highest BCUT2D eigenvalue weighted by Gasteiger charge is 2.24. The van der Waals surface area contributed by atoms with Gasteiger partial charge in [0, 0.05) is 19.0 Å². The third-order valence-corrected chi connectivity index (χ3v) is 3.90. The van der Waals surface area contributed by atoms with Gasteiger partial charge in [-0.15, -0.1) is 0 Å². The Hall–Kier alpha value is -1.75. The van der Waals surface area contributed by atoms with Crippen LogP contribution in [-0.2, 0) is 11.2 Å². The van der Waals surface area contributed by atoms with Crippen LogP contribution in [0.3, 0.4) is 0 Å². The average Bonchev–Trinajstić information content (AvgIpc) is 2.51. The van der Waals surface area contributed by atoms with Gasteiger partial charge < -0.3 is 20.1 Å². The molecule has 0 spiro atoms. The normalized spacial score (nSPS) is 17.0. The molecule has 0 bridgehead atoms. The molecule has 0 saturated heterocycles. The van der Waals surface area contributed by atoms with Crippen LogP contribution in [0, 0.1) is 5.92 Å². The summed E-state index contributed by atoms with van der Waals surface area (Å²) in [5.41, 5.74) is 2.35. The molecule has 1 unspecified atom stereocenters. The summed E-state index contributed by atoms with van der Waals surface area (Å²) in [7, 11) is 3.27. The van der Waals surface area contributed by atoms with Gasteiger partial charge in [0.1, 0.15) is 0 Å². The molecule has 1 aromatic rings. The minimum absolute atomic E-state index is 0.0238. The molecule has 0 saturated carbocycles. The van der Waals surface area contributed by atoms with Gasteiger partial charge in [0.2, 0.25) is 5.91 Å². The third kappa shape index (κ3) is 3.91. The Labute approximate surface area is 132 Å². The smallest absolute Gasteiger partial charge is 0.221 e. The maximum atomic E-state index is 12.1. The van der Waals surface area contributed by atoms with Gasteiger partial charge in [-0.1, -0.05) is 13.8 Å². The minimum Gasteiger partial charge on any atom is -0.493 e. The highest BCUT2D eigenvalue weighted by molar-refractivity contribution is 5.77. The number of carbonyl (C=O) groups is 1. The van der Waals surface area contributed by atoms with Crippen LogP contribution in [0.1, 0.15) is 37.4 Å². The number of amides is 1. The molecule has 0 aromatic heterocycles. The van der Waals surface area contributed by atoms with Gasteiger partial charge in [-0.3, -0.25) is 4.79 Å². The molecule has 0 aliphatic carbocycles. The largest absolute Gasteiger partial charge is 0.493 e. The number of fused-ring (bicyclic) bond motifs is 1. The highest BCUT2D eigenvalue weighted by atomic mass is 16.5. The van der Waals surface area contributed by atoms with Crippen molar-refractivity contribution in [2.75, 3.05) is 27.3 Å². The van der Waals surface area contributed by atoms with E-state index in [1.54, 1.807) is 14.2 Å². The molecule has 1 aliphatic rings. The number of hydrogen-bond acceptors (Lipinski definition) is 4. The predicted molar refractivity (Wildman–Crippen MR) is 86.5 cm³/mol. The molecular formula is C17H26N2O3. The van der Waals surface area contributed by atoms with Crippen LogP contribution >= 0.6 is 0 Å². The molecule has 1 atom stereocenters. The molecule has 1 aliphatic heterocycles. The Morgan fingerprint density at radius 2 is 2.00 bits per heavy atom. The van der Waals surface area contributed by atoms with E-state index in [4.69, 9.17) is 9.47 Å². The molecule has 1 heterocycles. The van der Waals surface area contributed by atoms with Gasteiger partial charge in [-0.25, -0.2) is 0 Å². The van der Waals surface area contributed by atoms with Gasteiger partial charge in [-0.2, -0.15) is 0 Å². The summed E-state index contributed by atoms with van der Waals surface area (Å²) >= 11 is 0. The first-order valence-corrected chi connectivity index (χ1v) is 7.80. The van der Waals surface area contributed by atoms with Gasteiger partial charge in [0.15, 0.2) is 11.5 Å². The third-order valence-electron chi connectivity index (χ3n) is 3.90. The molecule has 5 nitrogen and oxygen atoms in total. The fourth-order valence-electron chi connectivity index (χ4n) is 2.73. The summed E-state index contributed by atoms with van der Waals surface area (Å²) < 4.78 is 10.7. The van der Waals surface area contributed by atoms with E-state index < -0.39 is 0 Å². The van der Waals surface area contributed by atoms with Crippen LogP contribution in [0.15, 0.2) is 12.1 Å². The minimum atomic E-state index is 0.0238. The number of methoxy groups -OCH3 is 2. The van der Waals surface area contributed by atoms with Crippen LogP contribution in [0.2, 0.25) is 0 Å². The zero-order valence-electron chi connectivity index (χ0n) is 13.9. The summed E-state index contributed by atoms with van der Waals surface area (Å²) in [5.74, 6) is 1.98. The maximum Gasteiger partial charge on any atom is 0.221 e. The second-order valence-corrected chi connectivity index (χ2v) is 6.06. The van der Waals surface area contributed by atoms with Crippen LogP contribution in [-0.4, -0.2) is 33.2 Å². The first-order valence-electron chi connectivity index (χ1n) is 7.80. The second-order valence-electron chi connectivity index (χ2n) is 6.06. The summed E-state index contributed by atoms with van der Waals surface area (Å²) in [5, 5.41) is 6.40. The number of rotatable bonds is 6. The van der Waals surface area contributed by atoms with Crippen LogP contribution < -0.4 is 20.1 Å². The second kappa shape index (κ2) is 7.49. The Bertz CT molecular complexity index is 529. The standard InChI is InChI=1S/C17H26N2O3/c1-11(2)10-19-17(20)9-14-13-8-16(22-4)15(21-3)7-12(13)5-6-18-14/h7-8,11,14,18H,5-6,9-10H2,1-4H3,(H,19,20). The number of nitrogens with one attached hydrogen (secondary N) is 2. The molecule has 1 aromatic carbocycles. The molecular weight excluding hydrogens is 280 g/mol. The van der Waals surface area contributed by atoms with E-state index in [9.17, 15) is 4.79 Å². The Morgan fingerprint density at radius 1 is 1.32 bits per heavy atom. The molecule has 22 heavy (non-hydrogen) atoms. The van der Waals surface area contributed by atoms with E-state index in [2.05, 4.69) is 24.5 Å². The fraction of sp³-hybridized carbons (Fsp3) is 0.588. The molecule has 1 amide bonds. The monoisotopic (exact) mass is 306 g/mol. The van der Waals surface area contributed by atoms with Crippen molar-refractivity contribution in [3.63, 3.8) is 0 Å². The maximum absolute atomic E-state index is 12.1. The summed E-state index contributed by atoms with van der Waals surface area (Å²) in [6.45, 7) is 5.76. The van der Waals surface area contributed by atoms with Crippen molar-refractivity contribution in [3.05, 3.63) is 23.3 Å². The van der Waals surface area contributed by atoms with E-state index in [1.165, 1.54) is 5.56 Å². The van der Waals surface area contributed by atoms with Crippen molar-refractivity contribution in [1.29, 1.82) is 0 Å². The molecule has 2 N–H and O–H groups in total. The number of hydrogen-bond donors (Lipinski definition) is 2. The lowest BCUT2D eigenvalue weighted by Gasteiger charge is -2.28. The van der Waals surface area contributed by atoms with Crippen molar-refractivity contribution >= 4 is 5.91 Å². The summed E-state index contributed by atoms with van der Waals surface area (Å²) in [6, 6.07) is 4.03. The van der Waals surface area contributed by atoms with Gasteiger partial charge >= 0.3 is 0 Å². The first-order chi connectivity index (χ1) is 10.5. The number of benzene rings is 1. The molecule has 5 heteroatoms. The SMILES string of the molecule is COc1cc2c(cc1OC)C(CC(=O)NCC(C)C)NCC2. The number of carbonyl (C=O) groups excluding carboxylic acids is 1. The van der Waals surface area contributed by atoms with E-state index in [0.29, 0.717) is 24.6 Å². The lowest BCUT2D eigenvalue weighted by atomic mass is 9.91. The van der Waals surface area contributed by atoms with Crippen molar-refractivity contribution in [2.24, 2.45) is 5.92 Å². The van der Waals surface area contributed by atoms with E-state index in [-0.39, 0.29) is 11.9 Å². The van der Waals surface area contributed by atoms with Crippen LogP contribution in [0.5, 0.6) is 11.5 Å². The Kier molecular flexibility index (Phi) is 5.66. The molecule has 2 rings (SSSR count). The van der Waals surface area contributed by atoms with Gasteiger partial charge in [-0.05, 0) is 42.1 Å². The fourth-order valence-corrected chi connectivity index (χ4v) is 2.73. The van der Waals surface area contributed by atoms with Crippen molar-refractivity contribution in [1.82, 2.24) is 10.6 Å². The topological polar surface area (TPSA) is 59.6 Å². The van der Waals surface area contributed by atoms with Crippen LogP contribution in [0.25, 0.3) is 0 Å². The molecule has 122 valence electrons. The Morgan fingerprint density at radius 3 is 2.64 bits per heavy atom. The van der Waals surface area contributed by atoms with Crippen molar-refractivity contribution in [3.8, 4) is 11.5 Å². The molecule has 0 fully saturated rings. The van der Waals surface area contributed by atoms with Gasteiger partial charge in [0.25, 0.3) is 0 Å². The van der Waals surface area contributed by atoms with E-state index in [1.807, 2.05) is 12.1 Å². The first kappa shape index (κ1) is 16.6.